The van der Waals surface area contributed by atoms with E-state index in [1.165, 1.54) is 12.1 Å². The quantitative estimate of drug-likeness (QED) is 0.764. The van der Waals surface area contributed by atoms with Gasteiger partial charge in [0.2, 0.25) is 0 Å². The Morgan fingerprint density at radius 2 is 1.86 bits per heavy atom. The lowest BCUT2D eigenvalue weighted by Crippen LogP contribution is -2.08. The van der Waals surface area contributed by atoms with Crippen LogP contribution in [-0.4, -0.2) is 4.98 Å². The summed E-state index contributed by atoms with van der Waals surface area (Å²) in [6, 6.07) is 4.26. The van der Waals surface area contributed by atoms with E-state index in [-0.39, 0.29) is 16.1 Å². The SMILES string of the molecule is Cc1cc(F)c(Br)cc1Nc1cc(C(F)(F)F)cc(N)n1. The van der Waals surface area contributed by atoms with Crippen LogP contribution in [-0.2, 0) is 6.18 Å². The van der Waals surface area contributed by atoms with Gasteiger partial charge in [-0.1, -0.05) is 0 Å². The van der Waals surface area contributed by atoms with Crippen LogP contribution in [0.25, 0.3) is 0 Å². The summed E-state index contributed by atoms with van der Waals surface area (Å²) in [6.07, 6.45) is -4.52. The van der Waals surface area contributed by atoms with Crippen molar-refractivity contribution in [1.82, 2.24) is 4.98 Å². The van der Waals surface area contributed by atoms with Gasteiger partial charge in [-0.3, -0.25) is 0 Å². The second-order valence-electron chi connectivity index (χ2n) is 4.37. The van der Waals surface area contributed by atoms with Gasteiger partial charge < -0.3 is 11.1 Å². The fourth-order valence-electron chi connectivity index (χ4n) is 1.70. The van der Waals surface area contributed by atoms with E-state index < -0.39 is 17.6 Å². The molecule has 0 bridgehead atoms. The Bertz CT molecular complexity index is 686. The Labute approximate surface area is 126 Å². The average Bonchev–Trinajstić information content (AvgIpc) is 2.34. The second-order valence-corrected chi connectivity index (χ2v) is 5.22. The van der Waals surface area contributed by atoms with E-state index in [0.717, 1.165) is 12.1 Å². The molecule has 0 saturated carbocycles. The first-order chi connectivity index (χ1) is 9.66. The van der Waals surface area contributed by atoms with Gasteiger partial charge in [-0.15, -0.1) is 0 Å². The fraction of sp³-hybridized carbons (Fsp3) is 0.154. The topological polar surface area (TPSA) is 50.9 Å². The molecule has 0 saturated heterocycles. The Hall–Kier alpha value is -1.83. The van der Waals surface area contributed by atoms with E-state index in [0.29, 0.717) is 11.3 Å². The molecule has 0 radical (unpaired) electrons. The monoisotopic (exact) mass is 363 g/mol. The molecule has 0 aliphatic carbocycles. The molecule has 112 valence electrons. The minimum absolute atomic E-state index is 0.0658. The molecule has 1 aromatic carbocycles. The lowest BCUT2D eigenvalue weighted by Gasteiger charge is -2.13. The van der Waals surface area contributed by atoms with Gasteiger partial charge in [-0.2, -0.15) is 13.2 Å². The van der Waals surface area contributed by atoms with E-state index in [2.05, 4.69) is 26.2 Å². The highest BCUT2D eigenvalue weighted by Crippen LogP contribution is 2.33. The van der Waals surface area contributed by atoms with Gasteiger partial charge >= 0.3 is 6.18 Å². The minimum atomic E-state index is -4.52. The van der Waals surface area contributed by atoms with Crippen molar-refractivity contribution in [2.75, 3.05) is 11.1 Å². The molecule has 0 unspecified atom stereocenters. The number of nitrogen functional groups attached to an aromatic ring is 1. The molecule has 2 aromatic rings. The molecule has 21 heavy (non-hydrogen) atoms. The van der Waals surface area contributed by atoms with Gasteiger partial charge in [-0.05, 0) is 52.7 Å². The molecular weight excluding hydrogens is 354 g/mol. The zero-order valence-corrected chi connectivity index (χ0v) is 12.3. The summed E-state index contributed by atoms with van der Waals surface area (Å²) in [5, 5.41) is 2.71. The third kappa shape index (κ3) is 3.63. The van der Waals surface area contributed by atoms with Crippen molar-refractivity contribution in [3.8, 4) is 0 Å². The number of benzene rings is 1. The molecule has 1 heterocycles. The van der Waals surface area contributed by atoms with E-state index in [9.17, 15) is 17.6 Å². The van der Waals surface area contributed by atoms with Gasteiger partial charge in [0.15, 0.2) is 0 Å². The van der Waals surface area contributed by atoms with Crippen LogP contribution < -0.4 is 11.1 Å². The molecule has 0 aliphatic heterocycles. The highest BCUT2D eigenvalue weighted by Gasteiger charge is 2.31. The van der Waals surface area contributed by atoms with Crippen LogP contribution in [0.2, 0.25) is 0 Å². The van der Waals surface area contributed by atoms with Gasteiger partial charge in [0.25, 0.3) is 0 Å². The predicted molar refractivity (Wildman–Crippen MR) is 75.8 cm³/mol. The molecule has 0 amide bonds. The summed E-state index contributed by atoms with van der Waals surface area (Å²) in [5.74, 6) is -0.787. The third-order valence-electron chi connectivity index (χ3n) is 2.70. The number of rotatable bonds is 2. The molecular formula is C13H10BrF4N3. The first-order valence-corrected chi connectivity index (χ1v) is 6.53. The second kappa shape index (κ2) is 5.51. The highest BCUT2D eigenvalue weighted by atomic mass is 79.9. The van der Waals surface area contributed by atoms with Gasteiger partial charge in [0.1, 0.15) is 17.5 Å². The number of anilines is 3. The molecule has 0 spiro atoms. The Morgan fingerprint density at radius 3 is 2.48 bits per heavy atom. The maximum Gasteiger partial charge on any atom is 0.416 e. The number of halogens is 5. The minimum Gasteiger partial charge on any atom is -0.384 e. The molecule has 2 rings (SSSR count). The Balaban J connectivity index is 2.40. The van der Waals surface area contributed by atoms with E-state index >= 15 is 0 Å². The van der Waals surface area contributed by atoms with Crippen molar-refractivity contribution in [3.63, 3.8) is 0 Å². The predicted octanol–water partition coefficient (Wildman–Crippen LogP) is 4.64. The Morgan fingerprint density at radius 1 is 1.19 bits per heavy atom. The van der Waals surface area contributed by atoms with Crippen molar-refractivity contribution in [2.45, 2.75) is 13.1 Å². The van der Waals surface area contributed by atoms with Crippen molar-refractivity contribution in [2.24, 2.45) is 0 Å². The first-order valence-electron chi connectivity index (χ1n) is 5.74. The van der Waals surface area contributed by atoms with Gasteiger partial charge in [0, 0.05) is 5.69 Å². The van der Waals surface area contributed by atoms with Crippen molar-refractivity contribution in [3.05, 3.63) is 45.7 Å². The van der Waals surface area contributed by atoms with Crippen LogP contribution >= 0.6 is 15.9 Å². The molecule has 0 fully saturated rings. The third-order valence-corrected chi connectivity index (χ3v) is 3.31. The van der Waals surface area contributed by atoms with Crippen LogP contribution in [0.4, 0.5) is 34.9 Å². The number of hydrogen-bond donors (Lipinski definition) is 2. The number of pyridine rings is 1. The van der Waals surface area contributed by atoms with Gasteiger partial charge in [-0.25, -0.2) is 9.37 Å². The maximum absolute atomic E-state index is 13.3. The van der Waals surface area contributed by atoms with Crippen molar-refractivity contribution < 1.29 is 17.6 Å². The lowest BCUT2D eigenvalue weighted by molar-refractivity contribution is -0.137. The zero-order valence-electron chi connectivity index (χ0n) is 10.7. The normalized spacial score (nSPS) is 11.5. The van der Waals surface area contributed by atoms with E-state index in [1.54, 1.807) is 6.92 Å². The summed E-state index contributed by atoms with van der Waals surface area (Å²) in [7, 11) is 0. The van der Waals surface area contributed by atoms with E-state index in [1.807, 2.05) is 0 Å². The van der Waals surface area contributed by atoms with Crippen LogP contribution in [0.1, 0.15) is 11.1 Å². The standard InChI is InChI=1S/C13H10BrF4N3/c1-6-2-9(15)8(14)5-10(6)20-12-4-7(13(16,17)18)3-11(19)21-12/h2-5H,1H3,(H3,19,20,21). The van der Waals surface area contributed by atoms with Crippen molar-refractivity contribution >= 4 is 33.3 Å². The first kappa shape index (κ1) is 15.6. The summed E-state index contributed by atoms with van der Waals surface area (Å²) in [5.41, 5.74) is 5.42. The lowest BCUT2D eigenvalue weighted by atomic mass is 10.2. The molecule has 3 nitrogen and oxygen atoms in total. The number of nitrogens with two attached hydrogens (primary N) is 1. The highest BCUT2D eigenvalue weighted by molar-refractivity contribution is 9.10. The number of nitrogens with zero attached hydrogens (tertiary/aromatic N) is 1. The number of aromatic nitrogens is 1. The molecule has 0 atom stereocenters. The summed E-state index contributed by atoms with van der Waals surface area (Å²) < 4.78 is 51.7. The van der Waals surface area contributed by atoms with Crippen LogP contribution in [0.5, 0.6) is 0 Å². The van der Waals surface area contributed by atoms with E-state index in [4.69, 9.17) is 5.73 Å². The average molecular weight is 364 g/mol. The van der Waals surface area contributed by atoms with Crippen LogP contribution in [0.3, 0.4) is 0 Å². The molecule has 8 heteroatoms. The molecule has 1 aromatic heterocycles. The number of aryl methyl sites for hydroxylation is 1. The molecule has 0 aliphatic rings. The van der Waals surface area contributed by atoms with Gasteiger partial charge in [0.05, 0.1) is 10.0 Å². The summed E-state index contributed by atoms with van der Waals surface area (Å²) >= 11 is 3.01. The zero-order chi connectivity index (χ0) is 15.8. The summed E-state index contributed by atoms with van der Waals surface area (Å²) in [4.78, 5) is 3.79. The van der Waals surface area contributed by atoms with Crippen molar-refractivity contribution in [1.29, 1.82) is 0 Å². The van der Waals surface area contributed by atoms with Crippen LogP contribution in [0.15, 0.2) is 28.7 Å². The largest absolute Gasteiger partial charge is 0.416 e. The number of hydrogen-bond acceptors (Lipinski definition) is 3. The van der Waals surface area contributed by atoms with Crippen LogP contribution in [0, 0.1) is 12.7 Å². The fourth-order valence-corrected chi connectivity index (χ4v) is 2.04. The summed E-state index contributed by atoms with van der Waals surface area (Å²) in [6.45, 7) is 1.62. The Kier molecular flexibility index (Phi) is 4.08. The number of alkyl halides is 3. The number of nitrogens with one attached hydrogen (secondary N) is 1. The maximum atomic E-state index is 13.3. The smallest absolute Gasteiger partial charge is 0.384 e. The molecule has 3 N–H and O–H groups in total.